The number of amides is 2. The van der Waals surface area contributed by atoms with Crippen molar-refractivity contribution in [3.8, 4) is 5.69 Å². The number of piperazine rings is 1. The van der Waals surface area contributed by atoms with Gasteiger partial charge in [-0.25, -0.2) is 4.79 Å². The molecule has 0 N–H and O–H groups in total. The summed E-state index contributed by atoms with van der Waals surface area (Å²) in [4.78, 5) is 28.5. The fraction of sp³-hybridized carbons (Fsp3) is 0.471. The van der Waals surface area contributed by atoms with Crippen molar-refractivity contribution < 1.29 is 14.3 Å². The van der Waals surface area contributed by atoms with Gasteiger partial charge in [0.1, 0.15) is 11.9 Å². The highest BCUT2D eigenvalue weighted by molar-refractivity contribution is 6.31. The summed E-state index contributed by atoms with van der Waals surface area (Å²) in [6, 6.07) is 4.95. The Morgan fingerprint density at radius 2 is 1.78 bits per heavy atom. The molecule has 2 heterocycles. The number of hydrogen-bond donors (Lipinski definition) is 0. The highest BCUT2D eigenvalue weighted by Gasteiger charge is 2.29. The Labute approximate surface area is 161 Å². The highest BCUT2D eigenvalue weighted by Crippen LogP contribution is 2.21. The second-order valence-corrected chi connectivity index (χ2v) is 7.61. The van der Waals surface area contributed by atoms with Gasteiger partial charge in [-0.15, -0.1) is 5.10 Å². The number of ether oxygens (including phenoxy) is 1. The van der Waals surface area contributed by atoms with Crippen LogP contribution in [0, 0.1) is 0 Å². The summed E-state index contributed by atoms with van der Waals surface area (Å²) in [5.41, 5.74) is 0.401. The van der Waals surface area contributed by atoms with E-state index in [2.05, 4.69) is 15.5 Å². The number of carbonyl (C=O) groups is 2. The minimum Gasteiger partial charge on any atom is -0.444 e. The van der Waals surface area contributed by atoms with E-state index in [1.54, 1.807) is 28.0 Å². The first-order valence-electron chi connectivity index (χ1n) is 8.55. The molecule has 2 aromatic rings. The minimum atomic E-state index is -0.548. The topological polar surface area (TPSA) is 93.5 Å². The van der Waals surface area contributed by atoms with Crippen molar-refractivity contribution in [3.63, 3.8) is 0 Å². The molecule has 2 amide bonds. The van der Waals surface area contributed by atoms with Gasteiger partial charge in [-0.05, 0) is 49.4 Å². The average Bonchev–Trinajstić information content (AvgIpc) is 3.14. The predicted octanol–water partition coefficient (Wildman–Crippen LogP) is 2.01. The Balaban J connectivity index is 1.71. The van der Waals surface area contributed by atoms with Crippen molar-refractivity contribution in [2.45, 2.75) is 26.4 Å². The first kappa shape index (κ1) is 19.1. The van der Waals surface area contributed by atoms with E-state index >= 15 is 0 Å². The lowest BCUT2D eigenvalue weighted by Gasteiger charge is -2.35. The lowest BCUT2D eigenvalue weighted by Crippen LogP contribution is -2.51. The molecule has 10 heteroatoms. The SMILES string of the molecule is CC(C)(C)OC(=O)N1CCN(C(=O)c2ccc(Cl)cc2-n2cnnn2)CC1. The normalized spacial score (nSPS) is 15.0. The van der Waals surface area contributed by atoms with Crippen LogP contribution in [0.5, 0.6) is 0 Å². The summed E-state index contributed by atoms with van der Waals surface area (Å²) in [7, 11) is 0. The van der Waals surface area contributed by atoms with Gasteiger partial charge in [0, 0.05) is 31.2 Å². The van der Waals surface area contributed by atoms with Crippen LogP contribution in [0.1, 0.15) is 31.1 Å². The number of carbonyl (C=O) groups excluding carboxylic acids is 2. The van der Waals surface area contributed by atoms with Gasteiger partial charge in [-0.2, -0.15) is 4.68 Å². The largest absolute Gasteiger partial charge is 0.444 e. The van der Waals surface area contributed by atoms with Gasteiger partial charge in [-0.3, -0.25) is 4.79 Å². The number of benzene rings is 1. The zero-order valence-corrected chi connectivity index (χ0v) is 16.2. The van der Waals surface area contributed by atoms with Crippen LogP contribution in [0.2, 0.25) is 5.02 Å². The fourth-order valence-corrected chi connectivity index (χ4v) is 2.90. The van der Waals surface area contributed by atoms with Crippen LogP contribution in [0.3, 0.4) is 0 Å². The number of tetrazole rings is 1. The minimum absolute atomic E-state index is 0.166. The lowest BCUT2D eigenvalue weighted by molar-refractivity contribution is 0.0141. The first-order chi connectivity index (χ1) is 12.7. The first-order valence-corrected chi connectivity index (χ1v) is 8.92. The van der Waals surface area contributed by atoms with E-state index in [1.807, 2.05) is 20.8 Å². The summed E-state index contributed by atoms with van der Waals surface area (Å²) in [6.45, 7) is 7.12. The van der Waals surface area contributed by atoms with E-state index in [1.165, 1.54) is 11.0 Å². The summed E-state index contributed by atoms with van der Waals surface area (Å²) in [5, 5.41) is 11.5. The number of halogens is 1. The highest BCUT2D eigenvalue weighted by atomic mass is 35.5. The molecule has 0 aliphatic carbocycles. The van der Waals surface area contributed by atoms with E-state index in [4.69, 9.17) is 16.3 Å². The van der Waals surface area contributed by atoms with Crippen molar-refractivity contribution >= 4 is 23.6 Å². The summed E-state index contributed by atoms with van der Waals surface area (Å²) in [5.74, 6) is -0.166. The molecular formula is C17H21ClN6O3. The molecule has 0 radical (unpaired) electrons. The van der Waals surface area contributed by atoms with E-state index in [9.17, 15) is 9.59 Å². The van der Waals surface area contributed by atoms with E-state index in [0.717, 1.165) is 0 Å². The Kier molecular flexibility index (Phi) is 5.31. The average molecular weight is 393 g/mol. The van der Waals surface area contributed by atoms with Crippen molar-refractivity contribution in [2.24, 2.45) is 0 Å². The molecule has 144 valence electrons. The van der Waals surface area contributed by atoms with Gasteiger partial charge in [0.2, 0.25) is 0 Å². The number of aromatic nitrogens is 4. The Morgan fingerprint density at radius 3 is 2.37 bits per heavy atom. The third kappa shape index (κ3) is 4.54. The van der Waals surface area contributed by atoms with E-state index in [-0.39, 0.29) is 12.0 Å². The summed E-state index contributed by atoms with van der Waals surface area (Å²) in [6.07, 6.45) is 1.04. The third-order valence-corrected chi connectivity index (χ3v) is 4.24. The number of nitrogens with zero attached hydrogens (tertiary/aromatic N) is 6. The fourth-order valence-electron chi connectivity index (χ4n) is 2.74. The molecule has 27 heavy (non-hydrogen) atoms. The van der Waals surface area contributed by atoms with Crippen LogP contribution in [-0.4, -0.2) is 73.8 Å². The lowest BCUT2D eigenvalue weighted by atomic mass is 10.1. The second-order valence-electron chi connectivity index (χ2n) is 7.18. The molecule has 1 aromatic heterocycles. The van der Waals surface area contributed by atoms with Gasteiger partial charge in [0.25, 0.3) is 5.91 Å². The van der Waals surface area contributed by atoms with Gasteiger partial charge in [-0.1, -0.05) is 11.6 Å². The zero-order valence-electron chi connectivity index (χ0n) is 15.4. The molecule has 1 fully saturated rings. The Bertz CT molecular complexity index is 826. The van der Waals surface area contributed by atoms with Crippen molar-refractivity contribution in [3.05, 3.63) is 35.1 Å². The van der Waals surface area contributed by atoms with Crippen molar-refractivity contribution in [1.82, 2.24) is 30.0 Å². The molecule has 0 atom stereocenters. The molecule has 0 bridgehead atoms. The number of hydrogen-bond acceptors (Lipinski definition) is 6. The van der Waals surface area contributed by atoms with E-state index < -0.39 is 5.60 Å². The molecular weight excluding hydrogens is 372 g/mol. The molecule has 3 rings (SSSR count). The van der Waals surface area contributed by atoms with Gasteiger partial charge in [0.05, 0.1) is 11.3 Å². The van der Waals surface area contributed by atoms with Crippen LogP contribution in [-0.2, 0) is 4.74 Å². The van der Waals surface area contributed by atoms with Crippen LogP contribution in [0.25, 0.3) is 5.69 Å². The van der Waals surface area contributed by atoms with Crippen LogP contribution >= 0.6 is 11.6 Å². The van der Waals surface area contributed by atoms with Crippen LogP contribution in [0.15, 0.2) is 24.5 Å². The summed E-state index contributed by atoms with van der Waals surface area (Å²) < 4.78 is 6.78. The standard InChI is InChI=1S/C17H21ClN6O3/c1-17(2,3)27-16(26)23-8-6-22(7-9-23)15(25)13-5-4-12(18)10-14(13)24-11-19-20-21-24/h4-5,10-11H,6-9H2,1-3H3. The third-order valence-electron chi connectivity index (χ3n) is 4.00. The number of rotatable bonds is 2. The molecule has 9 nitrogen and oxygen atoms in total. The Morgan fingerprint density at radius 1 is 1.11 bits per heavy atom. The molecule has 0 unspecified atom stereocenters. The maximum absolute atomic E-state index is 13.0. The monoisotopic (exact) mass is 392 g/mol. The second kappa shape index (κ2) is 7.51. The smallest absolute Gasteiger partial charge is 0.410 e. The Hall–Kier alpha value is -2.68. The quantitative estimate of drug-likeness (QED) is 0.776. The predicted molar refractivity (Wildman–Crippen MR) is 97.9 cm³/mol. The van der Waals surface area contributed by atoms with Crippen LogP contribution in [0.4, 0.5) is 4.79 Å². The van der Waals surface area contributed by atoms with Gasteiger partial charge < -0.3 is 14.5 Å². The summed E-state index contributed by atoms with van der Waals surface area (Å²) >= 11 is 6.07. The molecule has 0 saturated carbocycles. The van der Waals surface area contributed by atoms with Gasteiger partial charge >= 0.3 is 6.09 Å². The maximum atomic E-state index is 13.0. The molecule has 1 saturated heterocycles. The molecule has 1 aromatic carbocycles. The van der Waals surface area contributed by atoms with E-state index in [0.29, 0.717) is 42.5 Å². The maximum Gasteiger partial charge on any atom is 0.410 e. The van der Waals surface area contributed by atoms with Gasteiger partial charge in [0.15, 0.2) is 0 Å². The van der Waals surface area contributed by atoms with Crippen molar-refractivity contribution in [1.29, 1.82) is 0 Å². The molecule has 1 aliphatic heterocycles. The molecule has 0 spiro atoms. The zero-order chi connectivity index (χ0) is 19.6. The molecule has 1 aliphatic rings. The van der Waals surface area contributed by atoms with Crippen molar-refractivity contribution in [2.75, 3.05) is 26.2 Å². The van der Waals surface area contributed by atoms with Crippen LogP contribution < -0.4 is 0 Å².